The number of benzene rings is 1. The van der Waals surface area contributed by atoms with Crippen LogP contribution in [0.5, 0.6) is 0 Å². The third-order valence-corrected chi connectivity index (χ3v) is 2.54. The van der Waals surface area contributed by atoms with Gasteiger partial charge in [0.2, 0.25) is 5.91 Å². The molecular formula is C13H14BrNO3. The molecule has 1 amide bonds. The van der Waals surface area contributed by atoms with Crippen molar-refractivity contribution in [2.75, 3.05) is 13.2 Å². The largest absolute Gasteiger partial charge is 0.465 e. The number of hydrogen-bond donors (Lipinski definition) is 1. The molecule has 18 heavy (non-hydrogen) atoms. The number of ether oxygens (including phenoxy) is 1. The SMILES string of the molecule is CCOC(=O)CNC(=O)C=Cc1ccc(Br)cc1. The second-order valence-electron chi connectivity index (χ2n) is 3.41. The minimum atomic E-state index is -0.442. The summed E-state index contributed by atoms with van der Waals surface area (Å²) in [6.45, 7) is 1.91. The summed E-state index contributed by atoms with van der Waals surface area (Å²) in [6.07, 6.45) is 3.05. The average molecular weight is 312 g/mol. The molecule has 1 N–H and O–H groups in total. The van der Waals surface area contributed by atoms with Crippen molar-refractivity contribution >= 4 is 33.9 Å². The maximum atomic E-state index is 11.4. The quantitative estimate of drug-likeness (QED) is 0.669. The lowest BCUT2D eigenvalue weighted by Gasteiger charge is -2.01. The zero-order chi connectivity index (χ0) is 13.4. The second-order valence-corrected chi connectivity index (χ2v) is 4.32. The maximum Gasteiger partial charge on any atom is 0.325 e. The van der Waals surface area contributed by atoms with Crippen LogP contribution in [0.4, 0.5) is 0 Å². The van der Waals surface area contributed by atoms with E-state index in [1.807, 2.05) is 24.3 Å². The molecule has 0 spiro atoms. The molecule has 0 saturated carbocycles. The topological polar surface area (TPSA) is 55.4 Å². The second kappa shape index (κ2) is 7.66. The van der Waals surface area contributed by atoms with Gasteiger partial charge >= 0.3 is 5.97 Å². The van der Waals surface area contributed by atoms with Crippen molar-refractivity contribution in [1.82, 2.24) is 5.32 Å². The lowest BCUT2D eigenvalue weighted by Crippen LogP contribution is -2.29. The number of carbonyl (C=O) groups is 2. The van der Waals surface area contributed by atoms with Gasteiger partial charge in [0.1, 0.15) is 6.54 Å². The fourth-order valence-corrected chi connectivity index (χ4v) is 1.44. The first kappa shape index (κ1) is 14.4. The Bertz CT molecular complexity index is 440. The summed E-state index contributed by atoms with van der Waals surface area (Å²) >= 11 is 3.33. The Morgan fingerprint density at radius 1 is 1.33 bits per heavy atom. The number of nitrogens with one attached hydrogen (secondary N) is 1. The fourth-order valence-electron chi connectivity index (χ4n) is 1.18. The first-order valence-electron chi connectivity index (χ1n) is 5.49. The van der Waals surface area contributed by atoms with Crippen molar-refractivity contribution < 1.29 is 14.3 Å². The predicted molar refractivity (Wildman–Crippen MR) is 72.8 cm³/mol. The van der Waals surface area contributed by atoms with E-state index in [1.54, 1.807) is 13.0 Å². The van der Waals surface area contributed by atoms with E-state index < -0.39 is 5.97 Å². The molecule has 96 valence electrons. The van der Waals surface area contributed by atoms with E-state index >= 15 is 0 Å². The van der Waals surface area contributed by atoms with Gasteiger partial charge in [0.25, 0.3) is 0 Å². The molecule has 4 nitrogen and oxygen atoms in total. The van der Waals surface area contributed by atoms with Crippen molar-refractivity contribution in [3.8, 4) is 0 Å². The van der Waals surface area contributed by atoms with Crippen LogP contribution in [0, 0.1) is 0 Å². The summed E-state index contributed by atoms with van der Waals surface area (Å²) in [5, 5.41) is 2.44. The van der Waals surface area contributed by atoms with Crippen LogP contribution >= 0.6 is 15.9 Å². The number of amides is 1. The predicted octanol–water partition coefficient (Wildman–Crippen LogP) is 2.14. The minimum absolute atomic E-state index is 0.114. The number of rotatable bonds is 5. The summed E-state index contributed by atoms with van der Waals surface area (Å²) in [5.41, 5.74) is 0.907. The summed E-state index contributed by atoms with van der Waals surface area (Å²) in [7, 11) is 0. The minimum Gasteiger partial charge on any atom is -0.465 e. The van der Waals surface area contributed by atoms with Gasteiger partial charge in [-0.05, 0) is 30.7 Å². The molecule has 0 aliphatic rings. The Labute approximate surface area is 114 Å². The number of carbonyl (C=O) groups excluding carboxylic acids is 2. The van der Waals surface area contributed by atoms with E-state index in [1.165, 1.54) is 6.08 Å². The van der Waals surface area contributed by atoms with Crippen LogP contribution in [0.1, 0.15) is 12.5 Å². The smallest absolute Gasteiger partial charge is 0.325 e. The Hall–Kier alpha value is -1.62. The highest BCUT2D eigenvalue weighted by Gasteiger charge is 2.02. The number of esters is 1. The number of halogens is 1. The van der Waals surface area contributed by atoms with Crippen molar-refractivity contribution in [2.45, 2.75) is 6.92 Å². The number of hydrogen-bond acceptors (Lipinski definition) is 3. The first-order chi connectivity index (χ1) is 8.61. The summed E-state index contributed by atoms with van der Waals surface area (Å²) in [5.74, 6) is -0.770. The van der Waals surface area contributed by atoms with Gasteiger partial charge in [0.05, 0.1) is 6.61 Å². The molecule has 0 unspecified atom stereocenters. The van der Waals surface area contributed by atoms with Gasteiger partial charge in [-0.3, -0.25) is 9.59 Å². The van der Waals surface area contributed by atoms with Crippen LogP contribution in [0.25, 0.3) is 6.08 Å². The molecule has 0 radical (unpaired) electrons. The molecule has 0 fully saturated rings. The van der Waals surface area contributed by atoms with Gasteiger partial charge in [0.15, 0.2) is 0 Å². The van der Waals surface area contributed by atoms with Gasteiger partial charge < -0.3 is 10.1 Å². The Kier molecular flexibility index (Phi) is 6.14. The van der Waals surface area contributed by atoms with Crippen LogP contribution in [0.3, 0.4) is 0 Å². The lowest BCUT2D eigenvalue weighted by atomic mass is 10.2. The van der Waals surface area contributed by atoms with E-state index in [0.717, 1.165) is 10.0 Å². The molecule has 1 aromatic carbocycles. The zero-order valence-corrected chi connectivity index (χ0v) is 11.6. The van der Waals surface area contributed by atoms with E-state index in [4.69, 9.17) is 0 Å². The molecular weight excluding hydrogens is 298 g/mol. The summed E-state index contributed by atoms with van der Waals surface area (Å²) in [4.78, 5) is 22.4. The van der Waals surface area contributed by atoms with Crippen LogP contribution in [0.15, 0.2) is 34.8 Å². The van der Waals surface area contributed by atoms with Crippen LogP contribution < -0.4 is 5.32 Å². The Balaban J connectivity index is 2.40. The molecule has 0 aromatic heterocycles. The maximum absolute atomic E-state index is 11.4. The average Bonchev–Trinajstić information content (AvgIpc) is 2.36. The van der Waals surface area contributed by atoms with E-state index in [9.17, 15) is 9.59 Å². The van der Waals surface area contributed by atoms with Crippen molar-refractivity contribution in [3.05, 3.63) is 40.4 Å². The monoisotopic (exact) mass is 311 g/mol. The Morgan fingerprint density at radius 3 is 2.61 bits per heavy atom. The van der Waals surface area contributed by atoms with E-state index in [2.05, 4.69) is 26.0 Å². The van der Waals surface area contributed by atoms with E-state index in [0.29, 0.717) is 6.61 Å². The highest BCUT2D eigenvalue weighted by molar-refractivity contribution is 9.10. The van der Waals surface area contributed by atoms with Gasteiger partial charge in [0, 0.05) is 10.5 Å². The van der Waals surface area contributed by atoms with Gasteiger partial charge in [-0.15, -0.1) is 0 Å². The molecule has 1 rings (SSSR count). The molecule has 0 aliphatic heterocycles. The molecule has 5 heteroatoms. The normalized spacial score (nSPS) is 10.3. The third-order valence-electron chi connectivity index (χ3n) is 2.01. The highest BCUT2D eigenvalue weighted by Crippen LogP contribution is 2.11. The highest BCUT2D eigenvalue weighted by atomic mass is 79.9. The molecule has 1 aromatic rings. The van der Waals surface area contributed by atoms with Crippen LogP contribution in [-0.4, -0.2) is 25.0 Å². The van der Waals surface area contributed by atoms with Crippen molar-refractivity contribution in [3.63, 3.8) is 0 Å². The zero-order valence-electron chi connectivity index (χ0n) is 9.98. The standard InChI is InChI=1S/C13H14BrNO3/c1-2-18-13(17)9-15-12(16)8-5-10-3-6-11(14)7-4-10/h3-8H,2,9H2,1H3,(H,15,16). The van der Waals surface area contributed by atoms with Gasteiger partial charge in [-0.25, -0.2) is 0 Å². The molecule has 0 aliphatic carbocycles. The van der Waals surface area contributed by atoms with Gasteiger partial charge in [-0.1, -0.05) is 28.1 Å². The molecule has 0 atom stereocenters. The summed E-state index contributed by atoms with van der Waals surface area (Å²) in [6, 6.07) is 7.52. The summed E-state index contributed by atoms with van der Waals surface area (Å²) < 4.78 is 5.66. The van der Waals surface area contributed by atoms with Crippen molar-refractivity contribution in [1.29, 1.82) is 0 Å². The fraction of sp³-hybridized carbons (Fsp3) is 0.231. The van der Waals surface area contributed by atoms with Crippen LogP contribution in [-0.2, 0) is 14.3 Å². The van der Waals surface area contributed by atoms with Gasteiger partial charge in [-0.2, -0.15) is 0 Å². The molecule has 0 saturated heterocycles. The lowest BCUT2D eigenvalue weighted by molar-refractivity contribution is -0.143. The van der Waals surface area contributed by atoms with Crippen LogP contribution in [0.2, 0.25) is 0 Å². The molecule has 0 heterocycles. The Morgan fingerprint density at radius 2 is 2.00 bits per heavy atom. The third kappa shape index (κ3) is 5.63. The van der Waals surface area contributed by atoms with Crippen molar-refractivity contribution in [2.24, 2.45) is 0 Å². The van der Waals surface area contributed by atoms with E-state index in [-0.39, 0.29) is 12.5 Å². The molecule has 0 bridgehead atoms. The first-order valence-corrected chi connectivity index (χ1v) is 6.28.